The van der Waals surface area contributed by atoms with Crippen molar-refractivity contribution in [2.75, 3.05) is 0 Å². The fraction of sp³-hybridized carbons (Fsp3) is 0.969. The molecule has 0 aromatic carbocycles. The molecule has 0 amide bonds. The molecule has 0 bridgehead atoms. The number of unbranched alkanes of at least 4 members (excludes halogenated alkanes) is 20. The summed E-state index contributed by atoms with van der Waals surface area (Å²) in [6.07, 6.45) is 32.8. The molecule has 0 aliphatic heterocycles. The maximum absolute atomic E-state index is 12.7. The summed E-state index contributed by atoms with van der Waals surface area (Å²) in [5.41, 5.74) is 6.23. The van der Waals surface area contributed by atoms with Gasteiger partial charge in [-0.3, -0.25) is 4.79 Å². The van der Waals surface area contributed by atoms with Crippen LogP contribution in [0.1, 0.15) is 188 Å². The molecule has 2 unspecified atom stereocenters. The second-order valence-corrected chi connectivity index (χ2v) is 11.1. The Morgan fingerprint density at radius 1 is 0.486 bits per heavy atom. The molecule has 2 atom stereocenters. The fourth-order valence-corrected chi connectivity index (χ4v) is 4.96. The van der Waals surface area contributed by atoms with Crippen molar-refractivity contribution in [1.82, 2.24) is 0 Å². The van der Waals surface area contributed by atoms with Crippen LogP contribution in [-0.4, -0.2) is 18.1 Å². The molecule has 0 spiro atoms. The summed E-state index contributed by atoms with van der Waals surface area (Å²) in [7, 11) is 0. The van der Waals surface area contributed by atoms with E-state index in [0.717, 1.165) is 25.7 Å². The maximum Gasteiger partial charge on any atom is 0.323 e. The number of esters is 1. The molecule has 0 aromatic heterocycles. The lowest BCUT2D eigenvalue weighted by Gasteiger charge is -2.20. The third-order valence-corrected chi connectivity index (χ3v) is 7.46. The first-order chi connectivity index (χ1) is 17.2. The number of ether oxygens (including phenoxy) is 1. The lowest BCUT2D eigenvalue weighted by Crippen LogP contribution is -2.35. The van der Waals surface area contributed by atoms with Crippen molar-refractivity contribution >= 4 is 5.97 Å². The smallest absolute Gasteiger partial charge is 0.323 e. The lowest BCUT2D eigenvalue weighted by atomic mass is 10.0. The van der Waals surface area contributed by atoms with Crippen LogP contribution in [-0.2, 0) is 9.53 Å². The number of nitrogens with two attached hydrogens (primary N) is 1. The highest BCUT2D eigenvalue weighted by Crippen LogP contribution is 2.18. The first kappa shape index (κ1) is 34.4. The molecule has 3 heteroatoms. The summed E-state index contributed by atoms with van der Waals surface area (Å²) in [6, 6.07) is -0.440. The van der Waals surface area contributed by atoms with Gasteiger partial charge in [-0.15, -0.1) is 0 Å². The van der Waals surface area contributed by atoms with Crippen molar-refractivity contribution in [1.29, 1.82) is 0 Å². The number of carbonyl (C=O) groups is 1. The topological polar surface area (TPSA) is 52.3 Å². The fourth-order valence-electron chi connectivity index (χ4n) is 4.96. The molecule has 0 aliphatic carbocycles. The summed E-state index contributed by atoms with van der Waals surface area (Å²) < 4.78 is 5.97. The molecule has 0 saturated heterocycles. The number of hydrogen-bond donors (Lipinski definition) is 1. The molecule has 35 heavy (non-hydrogen) atoms. The average Bonchev–Trinajstić information content (AvgIpc) is 2.86. The third kappa shape index (κ3) is 24.9. The van der Waals surface area contributed by atoms with E-state index in [2.05, 4.69) is 20.8 Å². The summed E-state index contributed by atoms with van der Waals surface area (Å²) in [4.78, 5) is 12.7. The summed E-state index contributed by atoms with van der Waals surface area (Å²) in [6.45, 7) is 6.80. The van der Waals surface area contributed by atoms with Crippen LogP contribution in [0.3, 0.4) is 0 Å². The molecule has 3 nitrogen and oxygen atoms in total. The van der Waals surface area contributed by atoms with Crippen molar-refractivity contribution in [2.24, 2.45) is 5.73 Å². The number of hydrogen-bond acceptors (Lipinski definition) is 3. The van der Waals surface area contributed by atoms with E-state index in [0.29, 0.717) is 0 Å². The second-order valence-electron chi connectivity index (χ2n) is 11.1. The Hall–Kier alpha value is -0.570. The van der Waals surface area contributed by atoms with Gasteiger partial charge in [0, 0.05) is 0 Å². The van der Waals surface area contributed by atoms with Crippen LogP contribution in [0, 0.1) is 0 Å². The zero-order valence-electron chi connectivity index (χ0n) is 24.4. The Labute approximate surface area is 221 Å². The Balaban J connectivity index is 4.14. The Bertz CT molecular complexity index is 426. The van der Waals surface area contributed by atoms with Crippen LogP contribution in [0.2, 0.25) is 0 Å². The molecule has 0 rings (SSSR count). The van der Waals surface area contributed by atoms with Gasteiger partial charge in [-0.2, -0.15) is 0 Å². The van der Waals surface area contributed by atoms with Gasteiger partial charge < -0.3 is 10.5 Å². The molecule has 2 N–H and O–H groups in total. The third-order valence-electron chi connectivity index (χ3n) is 7.46. The van der Waals surface area contributed by atoms with Crippen LogP contribution in [0.15, 0.2) is 0 Å². The molecule has 0 aliphatic rings. The first-order valence-corrected chi connectivity index (χ1v) is 16.1. The van der Waals surface area contributed by atoms with Crippen LogP contribution in [0.5, 0.6) is 0 Å². The van der Waals surface area contributed by atoms with E-state index in [1.165, 1.54) is 141 Å². The van der Waals surface area contributed by atoms with Crippen molar-refractivity contribution < 1.29 is 9.53 Å². The molecular formula is C32H65NO2. The summed E-state index contributed by atoms with van der Waals surface area (Å²) >= 11 is 0. The Morgan fingerprint density at radius 2 is 0.771 bits per heavy atom. The zero-order chi connectivity index (χ0) is 25.8. The normalized spacial score (nSPS) is 13.1. The standard InChI is InChI=1S/C32H65NO2/c1-4-7-10-13-16-18-19-22-25-28-30(27-24-21-15-12-9-6-3)35-32(34)31(33)29-26-23-20-17-14-11-8-5-2/h30-31H,4-29,33H2,1-3H3. The Morgan fingerprint density at radius 3 is 1.11 bits per heavy atom. The van der Waals surface area contributed by atoms with Crippen molar-refractivity contribution in [3.63, 3.8) is 0 Å². The average molecular weight is 496 g/mol. The van der Waals surface area contributed by atoms with Gasteiger partial charge in [0.2, 0.25) is 0 Å². The predicted molar refractivity (Wildman–Crippen MR) is 155 cm³/mol. The first-order valence-electron chi connectivity index (χ1n) is 16.1. The van der Waals surface area contributed by atoms with E-state index in [9.17, 15) is 4.79 Å². The highest BCUT2D eigenvalue weighted by atomic mass is 16.5. The monoisotopic (exact) mass is 496 g/mol. The molecule has 0 fully saturated rings. The SMILES string of the molecule is CCCCCCCCCCCC(CCCCCCCC)OC(=O)C(N)CCCCCCCCCC. The minimum atomic E-state index is -0.440. The van der Waals surface area contributed by atoms with E-state index in [1.54, 1.807) is 0 Å². The molecule has 210 valence electrons. The quantitative estimate of drug-likeness (QED) is 0.0867. The van der Waals surface area contributed by atoms with Crippen LogP contribution in [0.25, 0.3) is 0 Å². The number of carbonyl (C=O) groups excluding carboxylic acids is 1. The molecule has 0 aromatic rings. The van der Waals surface area contributed by atoms with E-state index in [1.807, 2.05) is 0 Å². The van der Waals surface area contributed by atoms with Crippen molar-refractivity contribution in [2.45, 2.75) is 200 Å². The van der Waals surface area contributed by atoms with Crippen LogP contribution in [0.4, 0.5) is 0 Å². The van der Waals surface area contributed by atoms with Gasteiger partial charge in [-0.1, -0.05) is 156 Å². The highest BCUT2D eigenvalue weighted by Gasteiger charge is 2.20. The lowest BCUT2D eigenvalue weighted by molar-refractivity contribution is -0.151. The van der Waals surface area contributed by atoms with E-state index < -0.39 is 6.04 Å². The van der Waals surface area contributed by atoms with Gasteiger partial charge >= 0.3 is 5.97 Å². The van der Waals surface area contributed by atoms with E-state index in [4.69, 9.17) is 10.5 Å². The minimum Gasteiger partial charge on any atom is -0.461 e. The summed E-state index contributed by atoms with van der Waals surface area (Å²) in [5, 5.41) is 0. The van der Waals surface area contributed by atoms with Crippen molar-refractivity contribution in [3.8, 4) is 0 Å². The summed E-state index contributed by atoms with van der Waals surface area (Å²) in [5.74, 6) is -0.153. The highest BCUT2D eigenvalue weighted by molar-refractivity contribution is 5.75. The maximum atomic E-state index is 12.7. The van der Waals surface area contributed by atoms with Gasteiger partial charge in [0.05, 0.1) is 0 Å². The van der Waals surface area contributed by atoms with E-state index in [-0.39, 0.29) is 12.1 Å². The zero-order valence-corrected chi connectivity index (χ0v) is 24.4. The van der Waals surface area contributed by atoms with Gasteiger partial charge in [-0.25, -0.2) is 0 Å². The minimum absolute atomic E-state index is 0.0721. The Kier molecular flexibility index (Phi) is 27.6. The van der Waals surface area contributed by atoms with Crippen LogP contribution >= 0.6 is 0 Å². The van der Waals surface area contributed by atoms with Crippen molar-refractivity contribution in [3.05, 3.63) is 0 Å². The molecular weight excluding hydrogens is 430 g/mol. The van der Waals surface area contributed by atoms with Gasteiger partial charge in [0.1, 0.15) is 12.1 Å². The molecule has 0 saturated carbocycles. The van der Waals surface area contributed by atoms with E-state index >= 15 is 0 Å². The van der Waals surface area contributed by atoms with Gasteiger partial charge in [0.25, 0.3) is 0 Å². The second kappa shape index (κ2) is 28.0. The van der Waals surface area contributed by atoms with Gasteiger partial charge in [0.15, 0.2) is 0 Å². The molecule has 0 radical (unpaired) electrons. The van der Waals surface area contributed by atoms with Gasteiger partial charge in [-0.05, 0) is 32.1 Å². The largest absolute Gasteiger partial charge is 0.461 e. The molecule has 0 heterocycles. The van der Waals surface area contributed by atoms with Crippen LogP contribution < -0.4 is 5.73 Å². The predicted octanol–water partition coefficient (Wildman–Crippen LogP) is 10.4. The number of rotatable bonds is 28.